The molecule has 1 heterocycles. The molecule has 0 radical (unpaired) electrons. The van der Waals surface area contributed by atoms with E-state index in [4.69, 9.17) is 4.74 Å². The number of piperidine rings is 1. The van der Waals surface area contributed by atoms with Gasteiger partial charge in [-0.2, -0.15) is 0 Å². The van der Waals surface area contributed by atoms with Gasteiger partial charge in [0.1, 0.15) is 5.75 Å². The van der Waals surface area contributed by atoms with Crippen molar-refractivity contribution in [3.05, 3.63) is 29.8 Å². The molecule has 2 heteroatoms. The van der Waals surface area contributed by atoms with Crippen molar-refractivity contribution in [3.63, 3.8) is 0 Å². The minimum absolute atomic E-state index is 0.523. The van der Waals surface area contributed by atoms with Crippen LogP contribution >= 0.6 is 0 Å². The first-order chi connectivity index (χ1) is 9.66. The Morgan fingerprint density at radius 2 is 1.90 bits per heavy atom. The van der Waals surface area contributed by atoms with E-state index in [2.05, 4.69) is 49.9 Å². The van der Waals surface area contributed by atoms with Crippen molar-refractivity contribution in [2.45, 2.75) is 46.0 Å². The summed E-state index contributed by atoms with van der Waals surface area (Å²) in [7, 11) is 0. The van der Waals surface area contributed by atoms with Gasteiger partial charge in [0.2, 0.25) is 0 Å². The third-order valence-electron chi connectivity index (χ3n) is 4.29. The van der Waals surface area contributed by atoms with Crippen molar-refractivity contribution in [3.8, 4) is 5.75 Å². The zero-order valence-corrected chi connectivity index (χ0v) is 13.3. The van der Waals surface area contributed by atoms with Crippen molar-refractivity contribution in [1.29, 1.82) is 0 Å². The fraction of sp³-hybridized carbons (Fsp3) is 0.667. The minimum atomic E-state index is 0.523. The summed E-state index contributed by atoms with van der Waals surface area (Å²) in [5, 5.41) is 0. The van der Waals surface area contributed by atoms with E-state index in [1.165, 1.54) is 38.0 Å². The molecule has 1 aromatic rings. The average Bonchev–Trinajstić information content (AvgIpc) is 2.46. The van der Waals surface area contributed by atoms with Crippen molar-refractivity contribution in [2.24, 2.45) is 5.92 Å². The molecule has 0 N–H and O–H groups in total. The Morgan fingerprint density at radius 1 is 1.20 bits per heavy atom. The lowest BCUT2D eigenvalue weighted by molar-refractivity contribution is 0.177. The normalized spacial score (nSPS) is 17.6. The van der Waals surface area contributed by atoms with Crippen LogP contribution in [0.5, 0.6) is 5.75 Å². The van der Waals surface area contributed by atoms with E-state index in [-0.39, 0.29) is 0 Å². The Labute approximate surface area is 124 Å². The van der Waals surface area contributed by atoms with Crippen LogP contribution in [-0.2, 0) is 0 Å². The van der Waals surface area contributed by atoms with Crippen LogP contribution in [0.2, 0.25) is 0 Å². The van der Waals surface area contributed by atoms with Gasteiger partial charge in [-0.25, -0.2) is 0 Å². The van der Waals surface area contributed by atoms with Gasteiger partial charge in [0, 0.05) is 6.54 Å². The molecular formula is C18H29NO. The van der Waals surface area contributed by atoms with Crippen molar-refractivity contribution in [2.75, 3.05) is 26.2 Å². The second-order valence-electron chi connectivity index (χ2n) is 6.42. The second kappa shape index (κ2) is 7.68. The molecule has 0 atom stereocenters. The lowest BCUT2D eigenvalue weighted by atomic mass is 9.99. The fourth-order valence-corrected chi connectivity index (χ4v) is 2.84. The summed E-state index contributed by atoms with van der Waals surface area (Å²) in [6.45, 7) is 11.3. The number of para-hydroxylation sites is 1. The zero-order valence-electron chi connectivity index (χ0n) is 13.3. The Kier molecular flexibility index (Phi) is 5.90. The highest BCUT2D eigenvalue weighted by molar-refractivity contribution is 5.35. The van der Waals surface area contributed by atoms with E-state index in [0.29, 0.717) is 5.92 Å². The molecule has 112 valence electrons. The summed E-state index contributed by atoms with van der Waals surface area (Å²) in [5.74, 6) is 2.50. The SMILES string of the molecule is CC1CCN(CCCOc2ccccc2C(C)C)CC1. The number of hydrogen-bond acceptors (Lipinski definition) is 2. The number of hydrogen-bond donors (Lipinski definition) is 0. The Morgan fingerprint density at radius 3 is 2.60 bits per heavy atom. The third-order valence-corrected chi connectivity index (χ3v) is 4.29. The molecule has 2 rings (SSSR count). The van der Waals surface area contributed by atoms with E-state index in [0.717, 1.165) is 24.7 Å². The van der Waals surface area contributed by atoms with Gasteiger partial charge < -0.3 is 9.64 Å². The molecule has 1 aliphatic rings. The standard InChI is InChI=1S/C18H29NO/c1-15(2)17-7-4-5-8-18(17)20-14-6-11-19-12-9-16(3)10-13-19/h4-5,7-8,15-16H,6,9-14H2,1-3H3. The lowest BCUT2D eigenvalue weighted by Crippen LogP contribution is -2.34. The van der Waals surface area contributed by atoms with Crippen molar-refractivity contribution >= 4 is 0 Å². The van der Waals surface area contributed by atoms with Crippen LogP contribution in [0, 0.1) is 5.92 Å². The Balaban J connectivity index is 1.71. The van der Waals surface area contributed by atoms with Crippen LogP contribution in [0.4, 0.5) is 0 Å². The summed E-state index contributed by atoms with van der Waals surface area (Å²) in [6, 6.07) is 8.42. The van der Waals surface area contributed by atoms with E-state index in [1.807, 2.05) is 0 Å². The van der Waals surface area contributed by atoms with Crippen LogP contribution in [-0.4, -0.2) is 31.1 Å². The second-order valence-corrected chi connectivity index (χ2v) is 6.42. The first-order valence-corrected chi connectivity index (χ1v) is 8.11. The molecule has 0 spiro atoms. The van der Waals surface area contributed by atoms with Gasteiger partial charge in [-0.05, 0) is 55.8 Å². The molecule has 0 aliphatic carbocycles. The molecule has 1 aromatic carbocycles. The lowest BCUT2D eigenvalue weighted by Gasteiger charge is -2.30. The highest BCUT2D eigenvalue weighted by Crippen LogP contribution is 2.26. The topological polar surface area (TPSA) is 12.5 Å². The molecule has 0 unspecified atom stereocenters. The Bertz CT molecular complexity index is 394. The van der Waals surface area contributed by atoms with E-state index >= 15 is 0 Å². The largest absolute Gasteiger partial charge is 0.493 e. The maximum absolute atomic E-state index is 5.98. The monoisotopic (exact) mass is 275 g/mol. The summed E-state index contributed by atoms with van der Waals surface area (Å²) in [4.78, 5) is 2.58. The van der Waals surface area contributed by atoms with Crippen LogP contribution in [0.25, 0.3) is 0 Å². The van der Waals surface area contributed by atoms with E-state index < -0.39 is 0 Å². The van der Waals surface area contributed by atoms with Crippen LogP contribution < -0.4 is 4.74 Å². The van der Waals surface area contributed by atoms with Gasteiger partial charge in [0.15, 0.2) is 0 Å². The molecule has 0 amide bonds. The van der Waals surface area contributed by atoms with Crippen LogP contribution in [0.15, 0.2) is 24.3 Å². The maximum Gasteiger partial charge on any atom is 0.122 e. The van der Waals surface area contributed by atoms with Gasteiger partial charge >= 0.3 is 0 Å². The van der Waals surface area contributed by atoms with E-state index in [9.17, 15) is 0 Å². The number of nitrogens with zero attached hydrogens (tertiary/aromatic N) is 1. The number of likely N-dealkylation sites (tertiary alicyclic amines) is 1. The number of benzene rings is 1. The van der Waals surface area contributed by atoms with Gasteiger partial charge in [0.05, 0.1) is 6.61 Å². The number of ether oxygens (including phenoxy) is 1. The predicted molar refractivity (Wildman–Crippen MR) is 85.5 cm³/mol. The smallest absolute Gasteiger partial charge is 0.122 e. The summed E-state index contributed by atoms with van der Waals surface area (Å²) >= 11 is 0. The highest BCUT2D eigenvalue weighted by Gasteiger charge is 2.15. The van der Waals surface area contributed by atoms with Crippen LogP contribution in [0.3, 0.4) is 0 Å². The van der Waals surface area contributed by atoms with Gasteiger partial charge in [-0.1, -0.05) is 39.0 Å². The van der Waals surface area contributed by atoms with Crippen molar-refractivity contribution < 1.29 is 4.74 Å². The molecule has 1 aliphatic heterocycles. The molecule has 0 bridgehead atoms. The maximum atomic E-state index is 5.98. The van der Waals surface area contributed by atoms with Crippen LogP contribution in [0.1, 0.15) is 51.5 Å². The van der Waals surface area contributed by atoms with Gasteiger partial charge in [-0.3, -0.25) is 0 Å². The Hall–Kier alpha value is -1.02. The van der Waals surface area contributed by atoms with Gasteiger partial charge in [0.25, 0.3) is 0 Å². The molecule has 1 fully saturated rings. The predicted octanol–water partition coefficient (Wildman–Crippen LogP) is 4.31. The minimum Gasteiger partial charge on any atom is -0.493 e. The summed E-state index contributed by atoms with van der Waals surface area (Å²) in [6.07, 6.45) is 3.84. The molecule has 1 saturated heterocycles. The summed E-state index contributed by atoms with van der Waals surface area (Å²) < 4.78 is 5.98. The van der Waals surface area contributed by atoms with Crippen molar-refractivity contribution in [1.82, 2.24) is 4.90 Å². The molecule has 0 aromatic heterocycles. The molecule has 0 saturated carbocycles. The average molecular weight is 275 g/mol. The summed E-state index contributed by atoms with van der Waals surface area (Å²) in [5.41, 5.74) is 1.32. The van der Waals surface area contributed by atoms with Gasteiger partial charge in [-0.15, -0.1) is 0 Å². The number of rotatable bonds is 6. The molecule has 20 heavy (non-hydrogen) atoms. The first-order valence-electron chi connectivity index (χ1n) is 8.11. The molecule has 2 nitrogen and oxygen atoms in total. The molecular weight excluding hydrogens is 246 g/mol. The third kappa shape index (κ3) is 4.52. The van der Waals surface area contributed by atoms with E-state index in [1.54, 1.807) is 0 Å². The zero-order chi connectivity index (χ0) is 14.4. The first kappa shape index (κ1) is 15.4. The highest BCUT2D eigenvalue weighted by atomic mass is 16.5. The fourth-order valence-electron chi connectivity index (χ4n) is 2.84. The quantitative estimate of drug-likeness (QED) is 0.717.